The normalized spacial score (nSPS) is 16.9. The van der Waals surface area contributed by atoms with E-state index in [4.69, 9.17) is 10.5 Å². The van der Waals surface area contributed by atoms with Crippen LogP contribution in [0, 0.1) is 0 Å². The molecule has 1 unspecified atom stereocenters. The summed E-state index contributed by atoms with van der Waals surface area (Å²) in [6.45, 7) is 1.40. The van der Waals surface area contributed by atoms with Gasteiger partial charge in [0.05, 0.1) is 11.4 Å². The van der Waals surface area contributed by atoms with Gasteiger partial charge < -0.3 is 15.8 Å². The van der Waals surface area contributed by atoms with Crippen molar-refractivity contribution in [1.82, 2.24) is 19.9 Å². The van der Waals surface area contributed by atoms with Crippen molar-refractivity contribution in [1.29, 1.82) is 0 Å². The average Bonchev–Trinajstić information content (AvgIpc) is 3.42. The molecule has 156 valence electrons. The number of nitrogens with two attached hydrogens (primary N) is 1. The molecule has 1 saturated heterocycles. The van der Waals surface area contributed by atoms with Crippen molar-refractivity contribution >= 4 is 40.5 Å². The van der Waals surface area contributed by atoms with E-state index in [9.17, 15) is 9.59 Å². The number of aromatic nitrogens is 3. The predicted octanol–water partition coefficient (Wildman–Crippen LogP) is 2.83. The molecule has 1 aliphatic rings. The lowest BCUT2D eigenvalue weighted by molar-refractivity contribution is -0.118. The summed E-state index contributed by atoms with van der Waals surface area (Å²) in [4.78, 5) is 39.9. The van der Waals surface area contributed by atoms with Crippen LogP contribution < -0.4 is 11.1 Å². The lowest BCUT2D eigenvalue weighted by atomic mass is 10.1. The smallest absolute Gasteiger partial charge is 0.404 e. The lowest BCUT2D eigenvalue weighted by Crippen LogP contribution is -2.44. The summed E-state index contributed by atoms with van der Waals surface area (Å²) in [5.74, 6) is 0.766. The van der Waals surface area contributed by atoms with Crippen LogP contribution in [0.4, 0.5) is 10.6 Å². The number of anilines is 1. The highest BCUT2D eigenvalue weighted by molar-refractivity contribution is 7.13. The molecule has 0 radical (unpaired) electrons. The van der Waals surface area contributed by atoms with E-state index < -0.39 is 6.09 Å². The number of nitrogens with one attached hydrogen (secondary N) is 1. The number of amides is 2. The Morgan fingerprint density at radius 3 is 2.93 bits per heavy atom. The quantitative estimate of drug-likeness (QED) is 0.599. The number of rotatable bonds is 6. The summed E-state index contributed by atoms with van der Waals surface area (Å²) in [5.41, 5.74) is 5.76. The van der Waals surface area contributed by atoms with Crippen LogP contribution in [0.5, 0.6) is 0 Å². The Bertz CT molecular complexity index is 957. The number of nitrogens with zero attached hydrogens (tertiary/aromatic N) is 4. The molecular formula is C19H20N6O3S2. The molecule has 0 aromatic carbocycles. The van der Waals surface area contributed by atoms with Gasteiger partial charge in [-0.3, -0.25) is 9.69 Å². The minimum absolute atomic E-state index is 0.170. The monoisotopic (exact) mass is 444 g/mol. The Hall–Kier alpha value is -2.89. The second-order valence-electron chi connectivity index (χ2n) is 6.76. The summed E-state index contributed by atoms with van der Waals surface area (Å²) in [6.07, 6.45) is 2.21. The molecule has 3 aromatic heterocycles. The summed E-state index contributed by atoms with van der Waals surface area (Å²) in [5, 5.41) is 7.45. The topological polar surface area (TPSA) is 123 Å². The van der Waals surface area contributed by atoms with Gasteiger partial charge in [0.2, 0.25) is 5.91 Å². The maximum Gasteiger partial charge on any atom is 0.404 e. The van der Waals surface area contributed by atoms with Crippen LogP contribution in [0.3, 0.4) is 0 Å². The number of piperidine rings is 1. The van der Waals surface area contributed by atoms with Gasteiger partial charge in [-0.1, -0.05) is 6.07 Å². The molecule has 4 heterocycles. The summed E-state index contributed by atoms with van der Waals surface area (Å²) < 4.78 is 5.08. The highest BCUT2D eigenvalue weighted by Crippen LogP contribution is 2.28. The van der Waals surface area contributed by atoms with Gasteiger partial charge in [0, 0.05) is 24.2 Å². The van der Waals surface area contributed by atoms with Gasteiger partial charge in [-0.15, -0.1) is 22.7 Å². The molecule has 30 heavy (non-hydrogen) atoms. The molecule has 1 aliphatic heterocycles. The van der Waals surface area contributed by atoms with Crippen LogP contribution >= 0.6 is 22.7 Å². The summed E-state index contributed by atoms with van der Waals surface area (Å²) >= 11 is 3.00. The van der Waals surface area contributed by atoms with Crippen LogP contribution in [0.25, 0.3) is 21.4 Å². The minimum atomic E-state index is -0.789. The Labute approximate surface area is 180 Å². The second-order valence-corrected chi connectivity index (χ2v) is 8.60. The second kappa shape index (κ2) is 9.28. The van der Waals surface area contributed by atoms with E-state index >= 15 is 0 Å². The molecule has 0 saturated carbocycles. The van der Waals surface area contributed by atoms with Gasteiger partial charge in [0.15, 0.2) is 5.82 Å². The molecule has 3 N–H and O–H groups in total. The fourth-order valence-electron chi connectivity index (χ4n) is 3.29. The van der Waals surface area contributed by atoms with Crippen LogP contribution in [0.1, 0.15) is 12.8 Å². The molecule has 1 fully saturated rings. The van der Waals surface area contributed by atoms with Crippen molar-refractivity contribution < 1.29 is 14.3 Å². The maximum atomic E-state index is 12.6. The first-order chi connectivity index (χ1) is 14.6. The SMILES string of the molecule is NC(=O)OC1CCCN(CC(=O)Nc2cc(-c3nccs3)nc(-c3cccs3)n2)C1. The van der Waals surface area contributed by atoms with Crippen LogP contribution in [-0.2, 0) is 9.53 Å². The van der Waals surface area contributed by atoms with Gasteiger partial charge in [-0.05, 0) is 30.8 Å². The third-order valence-corrected chi connectivity index (χ3v) is 6.16. The van der Waals surface area contributed by atoms with Gasteiger partial charge in [-0.25, -0.2) is 19.7 Å². The Morgan fingerprint density at radius 1 is 1.30 bits per heavy atom. The summed E-state index contributed by atoms with van der Waals surface area (Å²) in [6, 6.07) is 5.59. The number of hydrogen-bond acceptors (Lipinski definition) is 9. The highest BCUT2D eigenvalue weighted by atomic mass is 32.1. The summed E-state index contributed by atoms with van der Waals surface area (Å²) in [7, 11) is 0. The number of primary amides is 1. The van der Waals surface area contributed by atoms with Crippen molar-refractivity contribution in [2.75, 3.05) is 25.0 Å². The minimum Gasteiger partial charge on any atom is -0.445 e. The average molecular weight is 445 g/mol. The first kappa shape index (κ1) is 20.4. The van der Waals surface area contributed by atoms with E-state index in [0.717, 1.165) is 29.3 Å². The Kier molecular flexibility index (Phi) is 6.31. The molecule has 9 nitrogen and oxygen atoms in total. The van der Waals surface area contributed by atoms with Gasteiger partial charge in [-0.2, -0.15) is 0 Å². The molecule has 2 amide bonds. The van der Waals surface area contributed by atoms with Gasteiger partial charge >= 0.3 is 6.09 Å². The molecule has 0 aliphatic carbocycles. The van der Waals surface area contributed by atoms with Gasteiger partial charge in [0.25, 0.3) is 0 Å². The molecule has 0 bridgehead atoms. The Balaban J connectivity index is 1.48. The first-order valence-electron chi connectivity index (χ1n) is 9.38. The molecule has 11 heteroatoms. The van der Waals surface area contributed by atoms with E-state index in [1.807, 2.05) is 27.8 Å². The number of thiazole rings is 1. The number of hydrogen-bond donors (Lipinski definition) is 2. The van der Waals surface area contributed by atoms with E-state index in [1.165, 1.54) is 22.7 Å². The van der Waals surface area contributed by atoms with E-state index in [1.54, 1.807) is 12.3 Å². The third kappa shape index (κ3) is 5.17. The first-order valence-corrected chi connectivity index (χ1v) is 11.1. The standard InChI is InChI=1S/C19H20N6O3S2/c20-19(27)28-12-3-1-6-25(10-12)11-16(26)23-15-9-13(18-21-5-8-30-18)22-17(24-15)14-4-2-7-29-14/h2,4-5,7-9,12H,1,3,6,10-11H2,(H2,20,27)(H,22,23,24,26). The zero-order valence-corrected chi connectivity index (χ0v) is 17.6. The Morgan fingerprint density at radius 2 is 2.20 bits per heavy atom. The molecule has 3 aromatic rings. The number of carbonyl (C=O) groups is 2. The fraction of sp³-hybridized carbons (Fsp3) is 0.316. The largest absolute Gasteiger partial charge is 0.445 e. The fourth-order valence-corrected chi connectivity index (χ4v) is 4.54. The lowest BCUT2D eigenvalue weighted by Gasteiger charge is -2.31. The zero-order chi connectivity index (χ0) is 20.9. The number of ether oxygens (including phenoxy) is 1. The van der Waals surface area contributed by atoms with E-state index in [2.05, 4.69) is 20.3 Å². The molecular weight excluding hydrogens is 424 g/mol. The highest BCUT2D eigenvalue weighted by Gasteiger charge is 2.24. The van der Waals surface area contributed by atoms with Crippen molar-refractivity contribution in [3.05, 3.63) is 35.2 Å². The number of likely N-dealkylation sites (tertiary alicyclic amines) is 1. The van der Waals surface area contributed by atoms with Crippen LogP contribution in [0.2, 0.25) is 0 Å². The zero-order valence-electron chi connectivity index (χ0n) is 16.0. The van der Waals surface area contributed by atoms with Crippen molar-refractivity contribution in [3.8, 4) is 21.4 Å². The van der Waals surface area contributed by atoms with E-state index in [0.29, 0.717) is 23.9 Å². The number of thiophene rings is 1. The molecule has 0 spiro atoms. The van der Waals surface area contributed by atoms with Crippen LogP contribution in [-0.4, -0.2) is 57.6 Å². The maximum absolute atomic E-state index is 12.6. The third-order valence-electron chi connectivity index (χ3n) is 4.50. The molecule has 1 atom stereocenters. The predicted molar refractivity (Wildman–Crippen MR) is 115 cm³/mol. The van der Waals surface area contributed by atoms with Crippen molar-refractivity contribution in [2.45, 2.75) is 18.9 Å². The van der Waals surface area contributed by atoms with Crippen molar-refractivity contribution in [2.24, 2.45) is 5.73 Å². The van der Waals surface area contributed by atoms with E-state index in [-0.39, 0.29) is 18.6 Å². The van der Waals surface area contributed by atoms with Crippen molar-refractivity contribution in [3.63, 3.8) is 0 Å². The van der Waals surface area contributed by atoms with Gasteiger partial charge in [0.1, 0.15) is 22.6 Å². The molecule has 4 rings (SSSR count). The van der Waals surface area contributed by atoms with Crippen LogP contribution in [0.15, 0.2) is 35.2 Å². The number of carbonyl (C=O) groups excluding carboxylic acids is 2.